The lowest BCUT2D eigenvalue weighted by Gasteiger charge is -2.12. The molecule has 0 fully saturated rings. The second-order valence-corrected chi connectivity index (χ2v) is 6.17. The van der Waals surface area contributed by atoms with Crippen molar-refractivity contribution in [2.45, 2.75) is 30.4 Å². The van der Waals surface area contributed by atoms with Gasteiger partial charge in [0.15, 0.2) is 9.84 Å². The SMILES string of the molecule is CC(=O)CC(C)S(=O)(=O)c1cc(F)ccc1F. The van der Waals surface area contributed by atoms with E-state index >= 15 is 0 Å². The van der Waals surface area contributed by atoms with Gasteiger partial charge in [-0.3, -0.25) is 4.79 Å². The molecule has 6 heteroatoms. The standard InChI is InChI=1S/C11H12F2O3S/c1-7(14)5-8(2)17(15,16)11-6-9(12)3-4-10(11)13/h3-4,6,8H,5H2,1-2H3. The number of hydrogen-bond donors (Lipinski definition) is 0. The zero-order valence-corrected chi connectivity index (χ0v) is 10.2. The van der Waals surface area contributed by atoms with Crippen molar-refractivity contribution in [3.63, 3.8) is 0 Å². The van der Waals surface area contributed by atoms with E-state index in [2.05, 4.69) is 0 Å². The molecule has 1 atom stereocenters. The van der Waals surface area contributed by atoms with Crippen LogP contribution in [0.15, 0.2) is 23.1 Å². The molecule has 1 aromatic carbocycles. The normalized spacial score (nSPS) is 13.4. The van der Waals surface area contributed by atoms with Crippen LogP contribution in [0.25, 0.3) is 0 Å². The molecular formula is C11H12F2O3S. The predicted octanol–water partition coefficient (Wildman–Crippen LogP) is 2.11. The largest absolute Gasteiger partial charge is 0.300 e. The Bertz CT molecular complexity index is 538. The van der Waals surface area contributed by atoms with E-state index in [4.69, 9.17) is 0 Å². The summed E-state index contributed by atoms with van der Waals surface area (Å²) in [4.78, 5) is 10.1. The average Bonchev–Trinajstić information content (AvgIpc) is 2.20. The topological polar surface area (TPSA) is 51.2 Å². The number of ketones is 1. The van der Waals surface area contributed by atoms with Crippen molar-refractivity contribution in [1.82, 2.24) is 0 Å². The molecule has 0 aliphatic rings. The Morgan fingerprint density at radius 1 is 1.35 bits per heavy atom. The number of carbonyl (C=O) groups is 1. The van der Waals surface area contributed by atoms with Gasteiger partial charge < -0.3 is 0 Å². The highest BCUT2D eigenvalue weighted by Gasteiger charge is 2.27. The van der Waals surface area contributed by atoms with Gasteiger partial charge in [-0.25, -0.2) is 17.2 Å². The predicted molar refractivity (Wildman–Crippen MR) is 58.3 cm³/mol. The van der Waals surface area contributed by atoms with E-state index in [1.54, 1.807) is 0 Å². The van der Waals surface area contributed by atoms with Crippen molar-refractivity contribution in [1.29, 1.82) is 0 Å². The molecule has 1 unspecified atom stereocenters. The molecule has 0 amide bonds. The minimum atomic E-state index is -4.02. The van der Waals surface area contributed by atoms with E-state index in [0.717, 1.165) is 12.1 Å². The van der Waals surface area contributed by atoms with Gasteiger partial charge in [0.25, 0.3) is 0 Å². The van der Waals surface area contributed by atoms with Gasteiger partial charge in [0, 0.05) is 6.42 Å². The van der Waals surface area contributed by atoms with Gasteiger partial charge in [-0.2, -0.15) is 0 Å². The number of rotatable bonds is 4. The van der Waals surface area contributed by atoms with Crippen LogP contribution in [0.3, 0.4) is 0 Å². The molecule has 1 rings (SSSR count). The first-order chi connectivity index (χ1) is 7.75. The summed E-state index contributed by atoms with van der Waals surface area (Å²) in [5, 5.41) is -1.07. The highest BCUT2D eigenvalue weighted by atomic mass is 32.2. The van der Waals surface area contributed by atoms with Gasteiger partial charge >= 0.3 is 0 Å². The number of Topliss-reactive ketones (excluding diaryl/α,β-unsaturated/α-hetero) is 1. The molecule has 0 aromatic heterocycles. The summed E-state index contributed by atoms with van der Waals surface area (Å²) in [7, 11) is -4.02. The second kappa shape index (κ2) is 4.91. The Hall–Kier alpha value is -1.30. The molecule has 0 aliphatic heterocycles. The summed E-state index contributed by atoms with van der Waals surface area (Å²) in [5.41, 5.74) is 0. The van der Waals surface area contributed by atoms with Crippen LogP contribution in [-0.2, 0) is 14.6 Å². The Morgan fingerprint density at radius 2 is 1.94 bits per heavy atom. The smallest absolute Gasteiger partial charge is 0.184 e. The molecule has 0 saturated carbocycles. The maximum Gasteiger partial charge on any atom is 0.184 e. The van der Waals surface area contributed by atoms with Crippen LogP contribution in [0.5, 0.6) is 0 Å². The van der Waals surface area contributed by atoms with Crippen molar-refractivity contribution >= 4 is 15.6 Å². The van der Waals surface area contributed by atoms with Crippen LogP contribution < -0.4 is 0 Å². The van der Waals surface area contributed by atoms with Gasteiger partial charge in [0.05, 0.1) is 5.25 Å². The lowest BCUT2D eigenvalue weighted by molar-refractivity contribution is -0.116. The summed E-state index contributed by atoms with van der Waals surface area (Å²) in [6.45, 7) is 2.54. The quantitative estimate of drug-likeness (QED) is 0.835. The van der Waals surface area contributed by atoms with E-state index in [0.29, 0.717) is 6.07 Å². The fraction of sp³-hybridized carbons (Fsp3) is 0.364. The fourth-order valence-electron chi connectivity index (χ4n) is 1.43. The molecule has 0 bridgehead atoms. The third-order valence-corrected chi connectivity index (χ3v) is 4.46. The summed E-state index contributed by atoms with van der Waals surface area (Å²) in [6.07, 6.45) is -0.224. The van der Waals surface area contributed by atoms with E-state index in [1.807, 2.05) is 0 Å². The zero-order valence-electron chi connectivity index (χ0n) is 9.41. The molecule has 3 nitrogen and oxygen atoms in total. The number of benzene rings is 1. The molecule has 0 N–H and O–H groups in total. The first kappa shape index (κ1) is 13.8. The zero-order chi connectivity index (χ0) is 13.2. The monoisotopic (exact) mass is 262 g/mol. The molecule has 94 valence electrons. The Morgan fingerprint density at radius 3 is 2.47 bits per heavy atom. The van der Waals surface area contributed by atoms with Gasteiger partial charge in [-0.05, 0) is 32.0 Å². The molecule has 0 aliphatic carbocycles. The van der Waals surface area contributed by atoms with Gasteiger partial charge in [0.1, 0.15) is 22.3 Å². The lowest BCUT2D eigenvalue weighted by atomic mass is 10.2. The van der Waals surface area contributed by atoms with Crippen molar-refractivity contribution in [2.75, 3.05) is 0 Å². The van der Waals surface area contributed by atoms with Crippen LogP contribution in [0.1, 0.15) is 20.3 Å². The molecule has 0 radical (unpaired) electrons. The van der Waals surface area contributed by atoms with Crippen molar-refractivity contribution in [3.8, 4) is 0 Å². The third kappa shape index (κ3) is 3.09. The molecule has 0 saturated heterocycles. The second-order valence-electron chi connectivity index (χ2n) is 3.84. The summed E-state index contributed by atoms with van der Waals surface area (Å²) < 4.78 is 50.0. The summed E-state index contributed by atoms with van der Waals surface area (Å²) >= 11 is 0. The van der Waals surface area contributed by atoms with Crippen molar-refractivity contribution in [3.05, 3.63) is 29.8 Å². The third-order valence-electron chi connectivity index (χ3n) is 2.30. The summed E-state index contributed by atoms with van der Waals surface area (Å²) in [5.74, 6) is -2.17. The van der Waals surface area contributed by atoms with Crippen LogP contribution in [-0.4, -0.2) is 19.5 Å². The van der Waals surface area contributed by atoms with Gasteiger partial charge in [-0.15, -0.1) is 0 Å². The minimum Gasteiger partial charge on any atom is -0.300 e. The lowest BCUT2D eigenvalue weighted by Crippen LogP contribution is -2.21. The molecule has 0 heterocycles. The van der Waals surface area contributed by atoms with Crippen molar-refractivity contribution in [2.24, 2.45) is 0 Å². The van der Waals surface area contributed by atoms with E-state index in [-0.39, 0.29) is 12.2 Å². The van der Waals surface area contributed by atoms with Crippen LogP contribution in [0.2, 0.25) is 0 Å². The Balaban J connectivity index is 3.21. The van der Waals surface area contributed by atoms with Gasteiger partial charge in [0.2, 0.25) is 0 Å². The Kier molecular flexibility index (Phi) is 3.98. The fourth-order valence-corrected chi connectivity index (χ4v) is 2.93. The maximum absolute atomic E-state index is 13.3. The molecule has 1 aromatic rings. The van der Waals surface area contributed by atoms with E-state index in [1.165, 1.54) is 13.8 Å². The molecular weight excluding hydrogens is 250 g/mol. The van der Waals surface area contributed by atoms with Crippen molar-refractivity contribution < 1.29 is 22.0 Å². The number of carbonyl (C=O) groups excluding carboxylic acids is 1. The first-order valence-electron chi connectivity index (χ1n) is 4.93. The number of halogens is 2. The van der Waals surface area contributed by atoms with Gasteiger partial charge in [-0.1, -0.05) is 0 Å². The highest BCUT2D eigenvalue weighted by Crippen LogP contribution is 2.22. The van der Waals surface area contributed by atoms with Crippen LogP contribution in [0, 0.1) is 11.6 Å². The number of sulfone groups is 1. The highest BCUT2D eigenvalue weighted by molar-refractivity contribution is 7.92. The Labute approximate surface area is 98.4 Å². The van der Waals surface area contributed by atoms with E-state index < -0.39 is 31.6 Å². The molecule has 17 heavy (non-hydrogen) atoms. The van der Waals surface area contributed by atoms with E-state index in [9.17, 15) is 22.0 Å². The van der Waals surface area contributed by atoms with Crippen LogP contribution >= 0.6 is 0 Å². The van der Waals surface area contributed by atoms with Crippen LogP contribution in [0.4, 0.5) is 8.78 Å². The average molecular weight is 262 g/mol. The molecule has 0 spiro atoms. The first-order valence-corrected chi connectivity index (χ1v) is 6.48. The summed E-state index contributed by atoms with van der Waals surface area (Å²) in [6, 6.07) is 2.22. The number of hydrogen-bond acceptors (Lipinski definition) is 3. The minimum absolute atomic E-state index is 0.224. The maximum atomic E-state index is 13.3.